The van der Waals surface area contributed by atoms with Gasteiger partial charge in [0.2, 0.25) is 0 Å². The number of imide groups is 1. The van der Waals surface area contributed by atoms with Gasteiger partial charge >= 0.3 is 0 Å². The SMILES string of the molecule is O=C(CN1C(=O)S/C(=C\c2ccc(-c3ccc(Cl)cc3Cl)o2)C1=O)c1ccccc1. The normalized spacial score (nSPS) is 15.3. The first-order valence-electron chi connectivity index (χ1n) is 8.81. The Balaban J connectivity index is 1.52. The van der Waals surface area contributed by atoms with Crippen molar-refractivity contribution < 1.29 is 18.8 Å². The van der Waals surface area contributed by atoms with E-state index in [0.717, 1.165) is 16.7 Å². The average molecular weight is 458 g/mol. The zero-order chi connectivity index (χ0) is 21.3. The van der Waals surface area contributed by atoms with Crippen molar-refractivity contribution in [2.45, 2.75) is 0 Å². The van der Waals surface area contributed by atoms with Crippen LogP contribution in [-0.2, 0) is 4.79 Å². The number of hydrogen-bond acceptors (Lipinski definition) is 5. The van der Waals surface area contributed by atoms with E-state index < -0.39 is 11.1 Å². The maximum absolute atomic E-state index is 12.6. The van der Waals surface area contributed by atoms with E-state index in [9.17, 15) is 14.4 Å². The fourth-order valence-corrected chi connectivity index (χ4v) is 4.21. The van der Waals surface area contributed by atoms with Crippen LogP contribution in [0.4, 0.5) is 4.79 Å². The van der Waals surface area contributed by atoms with E-state index >= 15 is 0 Å². The van der Waals surface area contributed by atoms with Gasteiger partial charge in [0.05, 0.1) is 16.5 Å². The minimum Gasteiger partial charge on any atom is -0.457 e. The van der Waals surface area contributed by atoms with Crippen molar-refractivity contribution in [1.29, 1.82) is 0 Å². The molecule has 2 amide bonds. The van der Waals surface area contributed by atoms with E-state index in [2.05, 4.69) is 0 Å². The molecule has 0 atom stereocenters. The van der Waals surface area contributed by atoms with Gasteiger partial charge in [0.1, 0.15) is 11.5 Å². The summed E-state index contributed by atoms with van der Waals surface area (Å²) in [6.45, 7) is -0.310. The number of amides is 2. The molecule has 150 valence electrons. The Hall–Kier alpha value is -2.80. The van der Waals surface area contributed by atoms with Crippen molar-refractivity contribution >= 4 is 58.0 Å². The summed E-state index contributed by atoms with van der Waals surface area (Å²) in [5.41, 5.74) is 1.10. The van der Waals surface area contributed by atoms with Crippen LogP contribution in [0.15, 0.2) is 70.0 Å². The number of nitrogens with zero attached hydrogens (tertiary/aromatic N) is 1. The summed E-state index contributed by atoms with van der Waals surface area (Å²) in [5.74, 6) is 0.0471. The predicted octanol–water partition coefficient (Wildman–Crippen LogP) is 6.17. The summed E-state index contributed by atoms with van der Waals surface area (Å²) in [6, 6.07) is 16.9. The number of ketones is 1. The van der Waals surface area contributed by atoms with Crippen molar-refractivity contribution in [3.63, 3.8) is 0 Å². The molecule has 2 heterocycles. The third-order valence-corrected chi connectivity index (χ3v) is 5.82. The number of benzene rings is 2. The molecular weight excluding hydrogens is 445 g/mol. The topological polar surface area (TPSA) is 67.6 Å². The van der Waals surface area contributed by atoms with Gasteiger partial charge in [-0.05, 0) is 42.1 Å². The Morgan fingerprint density at radius 1 is 1.03 bits per heavy atom. The minimum atomic E-state index is -0.531. The Labute approximate surface area is 186 Å². The van der Waals surface area contributed by atoms with Gasteiger partial charge in [-0.2, -0.15) is 0 Å². The van der Waals surface area contributed by atoms with Crippen LogP contribution < -0.4 is 0 Å². The first kappa shape index (κ1) is 20.5. The first-order chi connectivity index (χ1) is 14.4. The van der Waals surface area contributed by atoms with Crippen LogP contribution in [0.2, 0.25) is 10.0 Å². The lowest BCUT2D eigenvalue weighted by molar-refractivity contribution is -0.122. The molecule has 0 bridgehead atoms. The van der Waals surface area contributed by atoms with E-state index in [0.29, 0.717) is 32.7 Å². The van der Waals surface area contributed by atoms with Gasteiger partial charge in [0.15, 0.2) is 5.78 Å². The molecular formula is C22H13Cl2NO4S. The predicted molar refractivity (Wildman–Crippen MR) is 118 cm³/mol. The average Bonchev–Trinajstić information content (AvgIpc) is 3.29. The molecule has 8 heteroatoms. The van der Waals surface area contributed by atoms with Gasteiger partial charge in [-0.25, -0.2) is 0 Å². The number of hydrogen-bond donors (Lipinski definition) is 0. The van der Waals surface area contributed by atoms with Crippen LogP contribution >= 0.6 is 35.0 Å². The number of thioether (sulfide) groups is 1. The molecule has 0 spiro atoms. The second kappa shape index (κ2) is 8.52. The maximum Gasteiger partial charge on any atom is 0.293 e. The molecule has 2 aromatic carbocycles. The molecule has 0 N–H and O–H groups in total. The second-order valence-electron chi connectivity index (χ2n) is 6.38. The molecule has 5 nitrogen and oxygen atoms in total. The summed E-state index contributed by atoms with van der Waals surface area (Å²) in [6.07, 6.45) is 1.48. The zero-order valence-corrected chi connectivity index (χ0v) is 17.6. The summed E-state index contributed by atoms with van der Waals surface area (Å²) >= 11 is 12.9. The highest BCUT2D eigenvalue weighted by Crippen LogP contribution is 2.35. The third-order valence-electron chi connectivity index (χ3n) is 4.37. The molecule has 30 heavy (non-hydrogen) atoms. The number of Topliss-reactive ketones (excluding diaryl/α,β-unsaturated/α-hetero) is 1. The molecule has 1 aliphatic heterocycles. The molecule has 1 fully saturated rings. The van der Waals surface area contributed by atoms with Crippen molar-refractivity contribution in [2.75, 3.05) is 6.54 Å². The van der Waals surface area contributed by atoms with E-state index in [-0.39, 0.29) is 17.2 Å². The van der Waals surface area contributed by atoms with Gasteiger partial charge in [-0.15, -0.1) is 0 Å². The molecule has 3 aromatic rings. The Morgan fingerprint density at radius 3 is 2.53 bits per heavy atom. The summed E-state index contributed by atoms with van der Waals surface area (Å²) in [5, 5.41) is 0.445. The molecule has 0 radical (unpaired) electrons. The maximum atomic E-state index is 12.6. The summed E-state index contributed by atoms with van der Waals surface area (Å²) < 4.78 is 5.76. The lowest BCUT2D eigenvalue weighted by atomic mass is 10.1. The Kier molecular flexibility index (Phi) is 5.81. The highest BCUT2D eigenvalue weighted by atomic mass is 35.5. The molecule has 0 saturated carbocycles. The lowest BCUT2D eigenvalue weighted by Gasteiger charge is -2.11. The van der Waals surface area contributed by atoms with E-state index in [4.69, 9.17) is 27.6 Å². The Morgan fingerprint density at radius 2 is 1.80 bits per heavy atom. The van der Waals surface area contributed by atoms with E-state index in [1.807, 2.05) is 0 Å². The summed E-state index contributed by atoms with van der Waals surface area (Å²) in [7, 11) is 0. The third kappa shape index (κ3) is 4.21. The molecule has 4 rings (SSSR count). The van der Waals surface area contributed by atoms with Crippen molar-refractivity contribution in [3.05, 3.63) is 86.9 Å². The smallest absolute Gasteiger partial charge is 0.293 e. The monoisotopic (exact) mass is 457 g/mol. The molecule has 1 aromatic heterocycles. The molecule has 1 aliphatic rings. The highest BCUT2D eigenvalue weighted by molar-refractivity contribution is 8.18. The first-order valence-corrected chi connectivity index (χ1v) is 10.4. The second-order valence-corrected chi connectivity index (χ2v) is 8.22. The van der Waals surface area contributed by atoms with Crippen molar-refractivity contribution in [1.82, 2.24) is 4.90 Å². The Bertz CT molecular complexity index is 1190. The van der Waals surface area contributed by atoms with Crippen LogP contribution in [0.5, 0.6) is 0 Å². The summed E-state index contributed by atoms with van der Waals surface area (Å²) in [4.78, 5) is 38.4. The quantitative estimate of drug-likeness (QED) is 0.338. The van der Waals surface area contributed by atoms with Crippen LogP contribution in [-0.4, -0.2) is 28.4 Å². The highest BCUT2D eigenvalue weighted by Gasteiger charge is 2.36. The van der Waals surface area contributed by atoms with Gasteiger partial charge in [0.25, 0.3) is 11.1 Å². The number of rotatable bonds is 5. The zero-order valence-electron chi connectivity index (χ0n) is 15.3. The van der Waals surface area contributed by atoms with Gasteiger partial charge < -0.3 is 4.42 Å². The van der Waals surface area contributed by atoms with Crippen molar-refractivity contribution in [3.8, 4) is 11.3 Å². The molecule has 0 aliphatic carbocycles. The van der Waals surface area contributed by atoms with Crippen LogP contribution in [0.25, 0.3) is 17.4 Å². The standard InChI is InChI=1S/C22H13Cl2NO4S/c23-14-6-8-16(17(24)10-14)19-9-7-15(29-19)11-20-21(27)25(22(28)30-20)12-18(26)13-4-2-1-3-5-13/h1-11H,12H2/b20-11-. The van der Waals surface area contributed by atoms with Crippen LogP contribution in [0.3, 0.4) is 0 Å². The molecule has 0 unspecified atom stereocenters. The van der Waals surface area contributed by atoms with Gasteiger partial charge in [-0.1, -0.05) is 53.5 Å². The van der Waals surface area contributed by atoms with Crippen molar-refractivity contribution in [2.24, 2.45) is 0 Å². The largest absolute Gasteiger partial charge is 0.457 e. The van der Waals surface area contributed by atoms with E-state index in [1.54, 1.807) is 60.7 Å². The lowest BCUT2D eigenvalue weighted by Crippen LogP contribution is -2.33. The number of halogens is 2. The number of carbonyl (C=O) groups is 3. The fourth-order valence-electron chi connectivity index (χ4n) is 2.89. The fraction of sp³-hybridized carbons (Fsp3) is 0.0455. The number of carbonyl (C=O) groups excluding carboxylic acids is 3. The van der Waals surface area contributed by atoms with Gasteiger partial charge in [0, 0.05) is 22.2 Å². The van der Waals surface area contributed by atoms with E-state index in [1.165, 1.54) is 6.08 Å². The van der Waals surface area contributed by atoms with Gasteiger partial charge in [-0.3, -0.25) is 19.3 Å². The van der Waals surface area contributed by atoms with Crippen LogP contribution in [0, 0.1) is 0 Å². The number of furan rings is 1. The molecule has 1 saturated heterocycles. The minimum absolute atomic E-state index is 0.184. The van der Waals surface area contributed by atoms with Crippen LogP contribution in [0.1, 0.15) is 16.1 Å².